The van der Waals surface area contributed by atoms with Crippen molar-refractivity contribution in [3.05, 3.63) is 102 Å². The highest BCUT2D eigenvalue weighted by Gasteiger charge is 2.63. The summed E-state index contributed by atoms with van der Waals surface area (Å²) < 4.78 is 5.91. The van der Waals surface area contributed by atoms with E-state index in [1.165, 1.54) is 0 Å². The molecular weight excluding hydrogens is 476 g/mol. The van der Waals surface area contributed by atoms with Gasteiger partial charge in [-0.3, -0.25) is 4.79 Å². The number of ether oxygens (including phenoxy) is 1. The van der Waals surface area contributed by atoms with Gasteiger partial charge in [-0.15, -0.1) is 0 Å². The SMILES string of the molecule is N=NC1C(=O)C2(CCC(Cc3ccc(OCc4ccccc4)cc3)(N=N)CC2)C(c2ccccc2)C1N=N. The quantitative estimate of drug-likeness (QED) is 0.261. The summed E-state index contributed by atoms with van der Waals surface area (Å²) in [7, 11) is 0. The molecule has 5 rings (SSSR count). The fraction of sp³-hybridized carbons (Fsp3) is 0.367. The minimum atomic E-state index is -0.929. The molecule has 0 aromatic heterocycles. The maximum atomic E-state index is 13.7. The van der Waals surface area contributed by atoms with Gasteiger partial charge in [0.2, 0.25) is 0 Å². The normalized spacial score (nSPS) is 28.6. The average Bonchev–Trinajstić information content (AvgIpc) is 3.21. The second kappa shape index (κ2) is 10.7. The van der Waals surface area contributed by atoms with Gasteiger partial charge in [0.15, 0.2) is 11.8 Å². The molecule has 8 heteroatoms. The molecule has 3 aromatic rings. The van der Waals surface area contributed by atoms with E-state index in [0.717, 1.165) is 22.4 Å². The van der Waals surface area contributed by atoms with Crippen LogP contribution in [-0.4, -0.2) is 23.4 Å². The summed E-state index contributed by atoms with van der Waals surface area (Å²) in [6.45, 7) is 0.502. The number of carbonyl (C=O) groups is 1. The number of benzene rings is 3. The molecule has 0 aliphatic heterocycles. The first-order chi connectivity index (χ1) is 18.5. The van der Waals surface area contributed by atoms with E-state index >= 15 is 0 Å². The van der Waals surface area contributed by atoms with E-state index < -0.39 is 23.0 Å². The molecule has 0 radical (unpaired) electrons. The minimum absolute atomic E-state index is 0.0964. The molecular formula is C30H32N6O2. The molecule has 2 fully saturated rings. The van der Waals surface area contributed by atoms with Crippen LogP contribution in [0, 0.1) is 22.0 Å². The molecule has 2 aliphatic rings. The van der Waals surface area contributed by atoms with E-state index in [1.807, 2.05) is 84.9 Å². The van der Waals surface area contributed by atoms with Gasteiger partial charge in [-0.1, -0.05) is 72.8 Å². The molecule has 3 N–H and O–H groups in total. The Morgan fingerprint density at radius 3 is 1.97 bits per heavy atom. The molecule has 3 aromatic carbocycles. The Morgan fingerprint density at radius 1 is 0.763 bits per heavy atom. The third kappa shape index (κ3) is 4.66. The van der Waals surface area contributed by atoms with E-state index in [4.69, 9.17) is 21.3 Å². The van der Waals surface area contributed by atoms with Crippen LogP contribution in [0.4, 0.5) is 0 Å². The Kier molecular flexibility index (Phi) is 7.22. The van der Waals surface area contributed by atoms with Crippen LogP contribution in [0.3, 0.4) is 0 Å². The number of Topliss-reactive ketones (excluding diaryl/α,β-unsaturated/α-hetero) is 1. The van der Waals surface area contributed by atoms with Gasteiger partial charge in [-0.05, 0) is 60.9 Å². The van der Waals surface area contributed by atoms with Gasteiger partial charge in [0.25, 0.3) is 0 Å². The number of carbonyl (C=O) groups excluding carboxylic acids is 1. The van der Waals surface area contributed by atoms with Crippen LogP contribution in [-0.2, 0) is 17.8 Å². The summed E-state index contributed by atoms with van der Waals surface area (Å²) in [5.74, 6) is 0.383. The van der Waals surface area contributed by atoms with Crippen molar-refractivity contribution in [3.8, 4) is 5.75 Å². The Hall–Kier alpha value is -4.07. The number of nitrogens with zero attached hydrogens (tertiary/aromatic N) is 3. The van der Waals surface area contributed by atoms with Crippen LogP contribution >= 0.6 is 0 Å². The highest BCUT2D eigenvalue weighted by atomic mass is 16.5. The number of nitrogens with one attached hydrogen (secondary N) is 3. The van der Waals surface area contributed by atoms with E-state index in [1.54, 1.807) is 0 Å². The highest BCUT2D eigenvalue weighted by Crippen LogP contribution is 2.59. The molecule has 0 heterocycles. The van der Waals surface area contributed by atoms with Crippen LogP contribution in [0.2, 0.25) is 0 Å². The Balaban J connectivity index is 1.32. The van der Waals surface area contributed by atoms with E-state index in [9.17, 15) is 4.79 Å². The van der Waals surface area contributed by atoms with Crippen LogP contribution in [0.1, 0.15) is 48.3 Å². The lowest BCUT2D eigenvalue weighted by Gasteiger charge is -2.44. The third-order valence-corrected chi connectivity index (χ3v) is 8.48. The number of hydrogen-bond donors (Lipinski definition) is 3. The zero-order chi connectivity index (χ0) is 26.6. The molecule has 1 spiro atoms. The summed E-state index contributed by atoms with van der Waals surface area (Å²) >= 11 is 0. The second-order valence-corrected chi connectivity index (χ2v) is 10.5. The van der Waals surface area contributed by atoms with Gasteiger partial charge in [-0.2, -0.15) is 15.3 Å². The minimum Gasteiger partial charge on any atom is -0.489 e. The zero-order valence-electron chi connectivity index (χ0n) is 21.2. The Bertz CT molecular complexity index is 1290. The van der Waals surface area contributed by atoms with Crippen LogP contribution < -0.4 is 4.74 Å². The van der Waals surface area contributed by atoms with E-state index in [-0.39, 0.29) is 11.7 Å². The molecule has 38 heavy (non-hydrogen) atoms. The van der Waals surface area contributed by atoms with Gasteiger partial charge in [0.1, 0.15) is 18.4 Å². The summed E-state index contributed by atoms with van der Waals surface area (Å²) in [6, 6.07) is 26.1. The average molecular weight is 509 g/mol. The summed E-state index contributed by atoms with van der Waals surface area (Å²) in [5, 5.41) is 11.5. The van der Waals surface area contributed by atoms with Crippen LogP contribution in [0.25, 0.3) is 0 Å². The molecule has 2 saturated carbocycles. The molecule has 2 aliphatic carbocycles. The first-order valence-electron chi connectivity index (χ1n) is 13.0. The first-order valence-corrected chi connectivity index (χ1v) is 13.0. The van der Waals surface area contributed by atoms with Gasteiger partial charge in [0, 0.05) is 11.3 Å². The van der Waals surface area contributed by atoms with Crippen molar-refractivity contribution in [2.45, 2.75) is 62.3 Å². The third-order valence-electron chi connectivity index (χ3n) is 8.48. The maximum absolute atomic E-state index is 13.7. The summed E-state index contributed by atoms with van der Waals surface area (Å²) in [5.41, 5.74) is 25.4. The fourth-order valence-electron chi connectivity index (χ4n) is 6.44. The van der Waals surface area contributed by atoms with Gasteiger partial charge in [-0.25, -0.2) is 16.6 Å². The molecule has 3 unspecified atom stereocenters. The topological polar surface area (TPSA) is 135 Å². The van der Waals surface area contributed by atoms with Crippen LogP contribution in [0.5, 0.6) is 5.75 Å². The van der Waals surface area contributed by atoms with E-state index in [0.29, 0.717) is 38.7 Å². The van der Waals surface area contributed by atoms with Crippen molar-refractivity contribution in [1.29, 1.82) is 16.6 Å². The van der Waals surface area contributed by atoms with Crippen molar-refractivity contribution < 1.29 is 9.53 Å². The Labute approximate surface area is 222 Å². The summed E-state index contributed by atoms with van der Waals surface area (Å²) in [6.07, 6.45) is 2.82. The Morgan fingerprint density at radius 2 is 1.39 bits per heavy atom. The number of ketones is 1. The lowest BCUT2D eigenvalue weighted by Crippen LogP contribution is -2.44. The smallest absolute Gasteiger partial charge is 0.168 e. The summed E-state index contributed by atoms with van der Waals surface area (Å²) in [4.78, 5) is 13.7. The largest absolute Gasteiger partial charge is 0.489 e. The van der Waals surface area contributed by atoms with Gasteiger partial charge >= 0.3 is 0 Å². The van der Waals surface area contributed by atoms with Crippen molar-refractivity contribution in [2.24, 2.45) is 20.8 Å². The van der Waals surface area contributed by atoms with Gasteiger partial charge in [0.05, 0.1) is 5.54 Å². The maximum Gasteiger partial charge on any atom is 0.168 e. The van der Waals surface area contributed by atoms with Crippen molar-refractivity contribution in [1.82, 2.24) is 0 Å². The number of rotatable bonds is 9. The first kappa shape index (κ1) is 25.6. The molecule has 3 atom stereocenters. The standard InChI is InChI=1S/C30H32N6O2/c31-34-26-25(23-9-5-2-6-10-23)30(28(37)27(26)35-32)17-15-29(36-33,16-18-30)19-21-11-13-24(14-12-21)38-20-22-7-3-1-4-8-22/h1-14,25-27,31-33H,15-20H2. The molecule has 0 bridgehead atoms. The van der Waals surface area contributed by atoms with Crippen LogP contribution in [0.15, 0.2) is 100 Å². The molecule has 194 valence electrons. The van der Waals surface area contributed by atoms with Gasteiger partial charge < -0.3 is 4.74 Å². The lowest BCUT2D eigenvalue weighted by atomic mass is 9.60. The predicted octanol–water partition coefficient (Wildman–Crippen LogP) is 7.30. The lowest BCUT2D eigenvalue weighted by molar-refractivity contribution is -0.129. The molecule has 8 nitrogen and oxygen atoms in total. The predicted molar refractivity (Wildman–Crippen MR) is 142 cm³/mol. The monoisotopic (exact) mass is 508 g/mol. The van der Waals surface area contributed by atoms with Crippen molar-refractivity contribution in [3.63, 3.8) is 0 Å². The van der Waals surface area contributed by atoms with Crippen molar-refractivity contribution in [2.75, 3.05) is 0 Å². The molecule has 0 amide bonds. The highest BCUT2D eigenvalue weighted by molar-refractivity contribution is 5.95. The zero-order valence-corrected chi connectivity index (χ0v) is 21.2. The van der Waals surface area contributed by atoms with E-state index in [2.05, 4.69) is 15.3 Å². The second-order valence-electron chi connectivity index (χ2n) is 10.5. The van der Waals surface area contributed by atoms with Crippen molar-refractivity contribution >= 4 is 5.78 Å². The fourth-order valence-corrected chi connectivity index (χ4v) is 6.44. The molecule has 0 saturated heterocycles. The number of hydrogen-bond acceptors (Lipinski definition) is 8.